The minimum atomic E-state index is -3.68. The topological polar surface area (TPSA) is 63.2 Å². The number of amides is 1. The molecule has 1 N–H and O–H groups in total. The molecular formula is C12H18ClNO3S2. The number of thiophene rings is 1. The van der Waals surface area contributed by atoms with Crippen LogP contribution in [0.25, 0.3) is 0 Å². The molecule has 1 unspecified atom stereocenters. The first-order chi connectivity index (χ1) is 8.84. The summed E-state index contributed by atoms with van der Waals surface area (Å²) in [6, 6.07) is 2.94. The van der Waals surface area contributed by atoms with Crippen molar-refractivity contribution < 1.29 is 13.2 Å². The molecule has 108 valence electrons. The zero-order chi connectivity index (χ0) is 14.5. The first-order valence-electron chi connectivity index (χ1n) is 6.18. The summed E-state index contributed by atoms with van der Waals surface area (Å²) in [5, 5.41) is 2.85. The minimum absolute atomic E-state index is 0.00960. The average Bonchev–Trinajstić information content (AvgIpc) is 2.78. The number of unbranched alkanes of at least 4 members (excludes halogenated alkanes) is 2. The van der Waals surface area contributed by atoms with E-state index in [2.05, 4.69) is 12.2 Å². The zero-order valence-electron chi connectivity index (χ0n) is 11.0. The van der Waals surface area contributed by atoms with Crippen molar-refractivity contribution >= 4 is 37.0 Å². The Morgan fingerprint density at radius 3 is 2.63 bits per heavy atom. The Kier molecular flexibility index (Phi) is 6.29. The van der Waals surface area contributed by atoms with Gasteiger partial charge in [-0.15, -0.1) is 11.3 Å². The zero-order valence-corrected chi connectivity index (χ0v) is 13.4. The molecule has 0 spiro atoms. The van der Waals surface area contributed by atoms with Crippen LogP contribution in [0.15, 0.2) is 16.3 Å². The monoisotopic (exact) mass is 323 g/mol. The van der Waals surface area contributed by atoms with Crippen molar-refractivity contribution in [3.63, 3.8) is 0 Å². The van der Waals surface area contributed by atoms with E-state index in [0.29, 0.717) is 6.42 Å². The van der Waals surface area contributed by atoms with Gasteiger partial charge in [-0.2, -0.15) is 0 Å². The van der Waals surface area contributed by atoms with E-state index in [9.17, 15) is 13.2 Å². The smallest absolute Gasteiger partial charge is 0.270 e. The molecule has 1 aromatic rings. The van der Waals surface area contributed by atoms with E-state index < -0.39 is 9.05 Å². The molecule has 1 atom stereocenters. The first-order valence-corrected chi connectivity index (χ1v) is 9.31. The van der Waals surface area contributed by atoms with Crippen molar-refractivity contribution in [2.45, 2.75) is 49.8 Å². The van der Waals surface area contributed by atoms with Crippen LogP contribution in [0.5, 0.6) is 0 Å². The molecule has 0 aliphatic heterocycles. The molecule has 0 saturated carbocycles. The Morgan fingerprint density at radius 1 is 1.42 bits per heavy atom. The summed E-state index contributed by atoms with van der Waals surface area (Å²) in [4.78, 5) is 12.4. The molecule has 1 aromatic heterocycles. The Labute approximate surface area is 122 Å². The third kappa shape index (κ3) is 5.50. The molecule has 19 heavy (non-hydrogen) atoms. The van der Waals surface area contributed by atoms with Crippen LogP contribution in [0.4, 0.5) is 0 Å². The maximum atomic E-state index is 11.7. The van der Waals surface area contributed by atoms with Crippen LogP contribution in [-0.4, -0.2) is 14.3 Å². The Balaban J connectivity index is 2.56. The second-order valence-corrected chi connectivity index (χ2v) is 8.25. The first kappa shape index (κ1) is 16.5. The molecule has 1 rings (SSSR count). The molecule has 0 aromatic carbocycles. The van der Waals surface area contributed by atoms with E-state index in [-0.39, 0.29) is 16.2 Å². The Bertz CT molecular complexity index is 525. The molecular weight excluding hydrogens is 306 g/mol. The third-order valence-electron chi connectivity index (χ3n) is 2.65. The van der Waals surface area contributed by atoms with E-state index in [1.54, 1.807) is 6.07 Å². The quantitative estimate of drug-likeness (QED) is 0.617. The van der Waals surface area contributed by atoms with Gasteiger partial charge in [0.2, 0.25) is 5.91 Å². The number of carbonyl (C=O) groups is 1. The number of hydrogen-bond donors (Lipinski definition) is 1. The molecule has 7 heteroatoms. The number of hydrogen-bond acceptors (Lipinski definition) is 4. The fourth-order valence-electron chi connectivity index (χ4n) is 1.62. The van der Waals surface area contributed by atoms with Crippen LogP contribution in [-0.2, 0) is 13.8 Å². The van der Waals surface area contributed by atoms with Crippen molar-refractivity contribution in [2.24, 2.45) is 0 Å². The fraction of sp³-hybridized carbons (Fsp3) is 0.583. The largest absolute Gasteiger partial charge is 0.349 e. The predicted molar refractivity (Wildman–Crippen MR) is 78.1 cm³/mol. The van der Waals surface area contributed by atoms with Crippen molar-refractivity contribution in [1.82, 2.24) is 5.32 Å². The summed E-state index contributed by atoms with van der Waals surface area (Å²) in [7, 11) is 1.58. The van der Waals surface area contributed by atoms with Gasteiger partial charge in [-0.3, -0.25) is 4.79 Å². The Hall–Kier alpha value is -0.590. The standard InChI is InChI=1S/C12H18ClNO3S2/c1-3-4-5-6-11(15)14-9(2)10-7-8-12(18-10)19(13,16)17/h7-9H,3-6H2,1-2H3,(H,14,15). The number of halogens is 1. The summed E-state index contributed by atoms with van der Waals surface area (Å²) in [5.74, 6) is -0.00960. The lowest BCUT2D eigenvalue weighted by atomic mass is 10.2. The van der Waals surface area contributed by atoms with Gasteiger partial charge in [-0.1, -0.05) is 19.8 Å². The van der Waals surface area contributed by atoms with Gasteiger partial charge in [0.05, 0.1) is 6.04 Å². The van der Waals surface area contributed by atoms with E-state index in [1.165, 1.54) is 6.07 Å². The van der Waals surface area contributed by atoms with Crippen LogP contribution in [0, 0.1) is 0 Å². The molecule has 0 aliphatic rings. The summed E-state index contributed by atoms with van der Waals surface area (Å²) < 4.78 is 22.4. The number of carbonyl (C=O) groups excluding carboxylic acids is 1. The molecule has 0 fully saturated rings. The van der Waals surface area contributed by atoms with Crippen LogP contribution >= 0.6 is 22.0 Å². The minimum Gasteiger partial charge on any atom is -0.349 e. The lowest BCUT2D eigenvalue weighted by molar-refractivity contribution is -0.121. The van der Waals surface area contributed by atoms with E-state index in [0.717, 1.165) is 35.5 Å². The average molecular weight is 324 g/mol. The second-order valence-electron chi connectivity index (χ2n) is 4.34. The molecule has 0 aliphatic carbocycles. The number of rotatable bonds is 7. The van der Waals surface area contributed by atoms with Crippen molar-refractivity contribution in [2.75, 3.05) is 0 Å². The number of nitrogens with one attached hydrogen (secondary N) is 1. The summed E-state index contributed by atoms with van der Waals surface area (Å²) in [5.41, 5.74) is 0. The van der Waals surface area contributed by atoms with Gasteiger partial charge >= 0.3 is 0 Å². The highest BCUT2D eigenvalue weighted by Gasteiger charge is 2.17. The van der Waals surface area contributed by atoms with Gasteiger partial charge in [0.1, 0.15) is 4.21 Å². The lowest BCUT2D eigenvalue weighted by Crippen LogP contribution is -2.25. The van der Waals surface area contributed by atoms with Crippen molar-refractivity contribution in [3.8, 4) is 0 Å². The van der Waals surface area contributed by atoms with Crippen LogP contribution in [0.1, 0.15) is 50.4 Å². The Morgan fingerprint density at radius 2 is 2.11 bits per heavy atom. The van der Waals surface area contributed by atoms with Gasteiger partial charge in [-0.05, 0) is 25.5 Å². The maximum absolute atomic E-state index is 11.7. The maximum Gasteiger partial charge on any atom is 0.270 e. The normalized spacial score (nSPS) is 13.2. The van der Waals surface area contributed by atoms with Gasteiger partial charge < -0.3 is 5.32 Å². The molecule has 0 saturated heterocycles. The highest BCUT2D eigenvalue weighted by Crippen LogP contribution is 2.28. The van der Waals surface area contributed by atoms with E-state index in [4.69, 9.17) is 10.7 Å². The van der Waals surface area contributed by atoms with Gasteiger partial charge in [-0.25, -0.2) is 8.42 Å². The fourth-order valence-corrected chi connectivity index (χ4v) is 3.71. The van der Waals surface area contributed by atoms with E-state index in [1.807, 2.05) is 6.92 Å². The van der Waals surface area contributed by atoms with Crippen LogP contribution < -0.4 is 5.32 Å². The summed E-state index contributed by atoms with van der Waals surface area (Å²) in [6.07, 6.45) is 3.49. The van der Waals surface area contributed by atoms with Crippen LogP contribution in [0.3, 0.4) is 0 Å². The predicted octanol–water partition coefficient (Wildman–Crippen LogP) is 3.43. The highest BCUT2D eigenvalue weighted by molar-refractivity contribution is 8.15. The van der Waals surface area contributed by atoms with Crippen LogP contribution in [0.2, 0.25) is 0 Å². The molecule has 1 amide bonds. The summed E-state index contributed by atoms with van der Waals surface area (Å²) in [6.45, 7) is 3.91. The molecule has 4 nitrogen and oxygen atoms in total. The van der Waals surface area contributed by atoms with Gasteiger partial charge in [0.15, 0.2) is 0 Å². The van der Waals surface area contributed by atoms with E-state index >= 15 is 0 Å². The third-order valence-corrected chi connectivity index (χ3v) is 6.01. The summed E-state index contributed by atoms with van der Waals surface area (Å²) >= 11 is 1.08. The molecule has 1 heterocycles. The van der Waals surface area contributed by atoms with Crippen molar-refractivity contribution in [3.05, 3.63) is 17.0 Å². The molecule has 0 radical (unpaired) electrons. The second kappa shape index (κ2) is 7.26. The van der Waals surface area contributed by atoms with Crippen molar-refractivity contribution in [1.29, 1.82) is 0 Å². The van der Waals surface area contributed by atoms with Gasteiger partial charge in [0, 0.05) is 22.0 Å². The highest BCUT2D eigenvalue weighted by atomic mass is 35.7. The van der Waals surface area contributed by atoms with Gasteiger partial charge in [0.25, 0.3) is 9.05 Å². The lowest BCUT2D eigenvalue weighted by Gasteiger charge is -2.11. The SMILES string of the molecule is CCCCCC(=O)NC(C)c1ccc(S(=O)(=O)Cl)s1. The molecule has 0 bridgehead atoms.